The van der Waals surface area contributed by atoms with Crippen molar-refractivity contribution in [1.82, 2.24) is 5.32 Å². The Labute approximate surface area is 105 Å². The van der Waals surface area contributed by atoms with Crippen LogP contribution in [-0.4, -0.2) is 23.3 Å². The predicted octanol–water partition coefficient (Wildman–Crippen LogP) is 2.25. The van der Waals surface area contributed by atoms with Gasteiger partial charge < -0.3 is 15.7 Å². The fraction of sp³-hybridized carbons (Fsp3) is 0.462. The molecule has 1 saturated carbocycles. The smallest absolute Gasteiger partial charge is 0.319 e. The van der Waals surface area contributed by atoms with Gasteiger partial charge in [-0.1, -0.05) is 18.9 Å². The summed E-state index contributed by atoms with van der Waals surface area (Å²) in [7, 11) is 0. The van der Waals surface area contributed by atoms with E-state index in [4.69, 9.17) is 0 Å². The molecule has 0 aromatic heterocycles. The summed E-state index contributed by atoms with van der Waals surface area (Å²) >= 11 is 0. The Morgan fingerprint density at radius 2 is 2.11 bits per heavy atom. The molecule has 0 aliphatic heterocycles. The van der Waals surface area contributed by atoms with Gasteiger partial charge in [0.25, 0.3) is 0 Å². The highest BCUT2D eigenvalue weighted by Gasteiger charge is 2.34. The molecule has 1 fully saturated rings. The Kier molecular flexibility index (Phi) is 3.81. The first-order valence-electron chi connectivity index (χ1n) is 6.09. The van der Waals surface area contributed by atoms with Crippen molar-refractivity contribution in [2.75, 3.05) is 11.9 Å². The second kappa shape index (κ2) is 5.35. The third-order valence-electron chi connectivity index (χ3n) is 3.32. The zero-order chi connectivity index (χ0) is 13.0. The minimum Gasteiger partial charge on any atom is -0.394 e. The number of aliphatic hydroxyl groups is 1. The highest BCUT2D eigenvalue weighted by molar-refractivity contribution is 5.89. The van der Waals surface area contributed by atoms with Crippen molar-refractivity contribution >= 4 is 11.7 Å². The molecule has 0 saturated heterocycles. The van der Waals surface area contributed by atoms with E-state index >= 15 is 0 Å². The fourth-order valence-corrected chi connectivity index (χ4v) is 2.34. The van der Waals surface area contributed by atoms with Crippen molar-refractivity contribution in [3.63, 3.8) is 0 Å². The van der Waals surface area contributed by atoms with Crippen molar-refractivity contribution in [2.45, 2.75) is 31.2 Å². The van der Waals surface area contributed by atoms with Gasteiger partial charge in [0.05, 0.1) is 12.1 Å². The van der Waals surface area contributed by atoms with Gasteiger partial charge in [0.1, 0.15) is 5.82 Å². The van der Waals surface area contributed by atoms with Gasteiger partial charge in [0.15, 0.2) is 0 Å². The molecular formula is C13H17FN2O2. The van der Waals surface area contributed by atoms with Gasteiger partial charge >= 0.3 is 6.03 Å². The van der Waals surface area contributed by atoms with Crippen LogP contribution in [0.2, 0.25) is 0 Å². The van der Waals surface area contributed by atoms with Crippen LogP contribution in [0, 0.1) is 5.82 Å². The van der Waals surface area contributed by atoms with Gasteiger partial charge in [-0.25, -0.2) is 9.18 Å². The fourth-order valence-electron chi connectivity index (χ4n) is 2.34. The van der Waals surface area contributed by atoms with Crippen LogP contribution in [0.5, 0.6) is 0 Å². The number of carbonyl (C=O) groups excluding carboxylic acids is 1. The molecular weight excluding hydrogens is 235 g/mol. The van der Waals surface area contributed by atoms with E-state index in [2.05, 4.69) is 10.6 Å². The van der Waals surface area contributed by atoms with Crippen molar-refractivity contribution in [1.29, 1.82) is 0 Å². The topological polar surface area (TPSA) is 61.4 Å². The SMILES string of the molecule is O=C(Nc1cccc(F)c1)NC1(CO)CCCC1. The van der Waals surface area contributed by atoms with Crippen LogP contribution in [0.1, 0.15) is 25.7 Å². The molecule has 0 unspecified atom stereocenters. The summed E-state index contributed by atoms with van der Waals surface area (Å²) in [6, 6.07) is 5.30. The van der Waals surface area contributed by atoms with E-state index in [-0.39, 0.29) is 6.61 Å². The summed E-state index contributed by atoms with van der Waals surface area (Å²) in [4.78, 5) is 11.8. The minimum atomic E-state index is -0.516. The average molecular weight is 252 g/mol. The van der Waals surface area contributed by atoms with E-state index in [1.165, 1.54) is 18.2 Å². The Bertz CT molecular complexity index is 431. The van der Waals surface area contributed by atoms with E-state index in [0.717, 1.165) is 25.7 Å². The molecule has 1 aromatic rings. The highest BCUT2D eigenvalue weighted by atomic mass is 19.1. The summed E-state index contributed by atoms with van der Waals surface area (Å²) in [5.74, 6) is -0.398. The molecule has 3 N–H and O–H groups in total. The average Bonchev–Trinajstić information content (AvgIpc) is 2.78. The van der Waals surface area contributed by atoms with Crippen molar-refractivity contribution in [3.05, 3.63) is 30.1 Å². The third kappa shape index (κ3) is 2.98. The molecule has 1 aliphatic carbocycles. The number of amides is 2. The molecule has 2 rings (SSSR count). The molecule has 98 valence electrons. The summed E-state index contributed by atoms with van der Waals surface area (Å²) in [5, 5.41) is 14.7. The van der Waals surface area contributed by atoms with Crippen LogP contribution in [0.4, 0.5) is 14.9 Å². The number of aliphatic hydroxyl groups excluding tert-OH is 1. The maximum absolute atomic E-state index is 13.0. The van der Waals surface area contributed by atoms with Crippen molar-refractivity contribution < 1.29 is 14.3 Å². The first kappa shape index (κ1) is 12.8. The van der Waals surface area contributed by atoms with Crippen LogP contribution in [-0.2, 0) is 0 Å². The Hall–Kier alpha value is -1.62. The number of hydrogen-bond acceptors (Lipinski definition) is 2. The maximum Gasteiger partial charge on any atom is 0.319 e. The van der Waals surface area contributed by atoms with Crippen LogP contribution < -0.4 is 10.6 Å². The largest absolute Gasteiger partial charge is 0.394 e. The van der Waals surface area contributed by atoms with Crippen LogP contribution in [0.3, 0.4) is 0 Å². The van der Waals surface area contributed by atoms with Crippen LogP contribution in [0.25, 0.3) is 0 Å². The second-order valence-corrected chi connectivity index (χ2v) is 4.74. The molecule has 5 heteroatoms. The molecule has 4 nitrogen and oxygen atoms in total. The third-order valence-corrected chi connectivity index (χ3v) is 3.32. The normalized spacial score (nSPS) is 17.4. The summed E-state index contributed by atoms with van der Waals surface area (Å²) in [6.45, 7) is -0.0659. The van der Waals surface area contributed by atoms with Crippen LogP contribution in [0.15, 0.2) is 24.3 Å². The first-order valence-corrected chi connectivity index (χ1v) is 6.09. The number of carbonyl (C=O) groups is 1. The number of hydrogen-bond donors (Lipinski definition) is 3. The standard InChI is InChI=1S/C13H17FN2O2/c14-10-4-3-5-11(8-10)15-12(18)16-13(9-17)6-1-2-7-13/h3-5,8,17H,1-2,6-7,9H2,(H2,15,16,18). The lowest BCUT2D eigenvalue weighted by Gasteiger charge is -2.27. The number of benzene rings is 1. The number of halogens is 1. The monoisotopic (exact) mass is 252 g/mol. The van der Waals surface area contributed by atoms with Gasteiger partial charge in [0, 0.05) is 5.69 Å². The molecule has 1 aliphatic rings. The quantitative estimate of drug-likeness (QED) is 0.772. The van der Waals surface area contributed by atoms with E-state index in [9.17, 15) is 14.3 Å². The van der Waals surface area contributed by atoms with Crippen molar-refractivity contribution in [3.8, 4) is 0 Å². The molecule has 0 radical (unpaired) electrons. The Morgan fingerprint density at radius 3 is 2.72 bits per heavy atom. The zero-order valence-electron chi connectivity index (χ0n) is 10.1. The van der Waals surface area contributed by atoms with E-state index in [1.807, 2.05) is 0 Å². The van der Waals surface area contributed by atoms with E-state index < -0.39 is 17.4 Å². The molecule has 1 aromatic carbocycles. The lowest BCUT2D eigenvalue weighted by molar-refractivity contribution is 0.167. The lowest BCUT2D eigenvalue weighted by Crippen LogP contribution is -2.50. The molecule has 2 amide bonds. The lowest BCUT2D eigenvalue weighted by atomic mass is 9.99. The van der Waals surface area contributed by atoms with Crippen LogP contribution >= 0.6 is 0 Å². The van der Waals surface area contributed by atoms with Gasteiger partial charge in [-0.05, 0) is 31.0 Å². The Balaban J connectivity index is 1.96. The maximum atomic E-state index is 13.0. The number of nitrogens with one attached hydrogen (secondary N) is 2. The molecule has 18 heavy (non-hydrogen) atoms. The van der Waals surface area contributed by atoms with Crippen molar-refractivity contribution in [2.24, 2.45) is 0 Å². The molecule has 0 spiro atoms. The first-order chi connectivity index (χ1) is 8.63. The minimum absolute atomic E-state index is 0.0659. The second-order valence-electron chi connectivity index (χ2n) is 4.74. The predicted molar refractivity (Wildman–Crippen MR) is 66.8 cm³/mol. The zero-order valence-corrected chi connectivity index (χ0v) is 10.1. The summed E-state index contributed by atoms with van der Waals surface area (Å²) < 4.78 is 13.0. The number of urea groups is 1. The van der Waals surface area contributed by atoms with E-state index in [0.29, 0.717) is 5.69 Å². The van der Waals surface area contributed by atoms with Gasteiger partial charge in [-0.3, -0.25) is 0 Å². The Morgan fingerprint density at radius 1 is 1.39 bits per heavy atom. The number of rotatable bonds is 3. The highest BCUT2D eigenvalue weighted by Crippen LogP contribution is 2.29. The van der Waals surface area contributed by atoms with E-state index in [1.54, 1.807) is 6.07 Å². The number of anilines is 1. The van der Waals surface area contributed by atoms with Gasteiger partial charge in [0.2, 0.25) is 0 Å². The molecule has 0 atom stereocenters. The molecule has 0 bridgehead atoms. The van der Waals surface area contributed by atoms with Gasteiger partial charge in [-0.15, -0.1) is 0 Å². The molecule has 0 heterocycles. The summed E-state index contributed by atoms with van der Waals surface area (Å²) in [6.07, 6.45) is 3.56. The summed E-state index contributed by atoms with van der Waals surface area (Å²) in [5.41, 5.74) is -0.115. The van der Waals surface area contributed by atoms with Gasteiger partial charge in [-0.2, -0.15) is 0 Å².